The topological polar surface area (TPSA) is 0 Å². The van der Waals surface area contributed by atoms with Crippen molar-refractivity contribution in [3.8, 4) is 44.5 Å². The van der Waals surface area contributed by atoms with Crippen molar-refractivity contribution >= 4 is 32.1 Å². The number of rotatable bonds is 47. The summed E-state index contributed by atoms with van der Waals surface area (Å²) in [5.74, 6) is 2.74. The van der Waals surface area contributed by atoms with E-state index >= 15 is 0 Å². The highest BCUT2D eigenvalue weighted by Gasteiger charge is 2.49. The van der Waals surface area contributed by atoms with E-state index in [2.05, 4.69) is 358 Å². The highest BCUT2D eigenvalue weighted by atomic mass is 32.1. The van der Waals surface area contributed by atoms with Crippen LogP contribution in [0.4, 0.5) is 8.78 Å². The molecule has 0 amide bonds. The van der Waals surface area contributed by atoms with E-state index in [-0.39, 0.29) is 33.3 Å². The Kier molecular flexibility index (Phi) is 42.9. The molecule has 2 atom stereocenters. The molecule has 2 aromatic heterocycles. The van der Waals surface area contributed by atoms with Crippen LogP contribution < -0.4 is 0 Å². The van der Waals surface area contributed by atoms with E-state index in [1.807, 2.05) is 0 Å². The lowest BCUT2D eigenvalue weighted by Gasteiger charge is -2.35. The fourth-order valence-corrected chi connectivity index (χ4v) is 27.4. The van der Waals surface area contributed by atoms with Crippen LogP contribution in [0.5, 0.6) is 0 Å². The standard InChI is InChI=1S/C39H46.C35H54.C34H44.C27H38.C8H6F2S2/c1-5-7-9-11-13-31-17-21-33(22-18-31)39(34-23-19-32(20-24-34)14-12-10-8-6-2)37-27-29(3)15-25-35(37)36-26-16-30(4)28-38(36)39;1-25(2)11-9-13-27(5)19-21-35(22-20-28(6)14-10-12-26(3)4)33-23-29(7)15-17-31(33)32-18-16-30(8)24-34(32)35;1-6-8-10-12-14-27-22-28(15-13-11-9-7-2)24-29(23-27)34(5)32-20-25(3)16-18-30(32)31-19-17-26(4)21-33(31)34;1-5-7-9-11-17-27(18-12-10-8-6-2)25-19-21(3)13-15-23(25)24-16-14-22(4)20-26(24)27;1-3-5(9)7-8(11-3)6(10)4(2)12-7/h15-28H,5-14H2,1-4H3;15-18,23-28H,9-14,19-22H2,1-8H3;16-24H,6-15H2,1-5H3;13-16,19-20H,5-12,17-18H2,1-4H3;1-2H3. The zero-order chi connectivity index (χ0) is 105. The van der Waals surface area contributed by atoms with Crippen molar-refractivity contribution in [2.45, 2.75) is 438 Å². The van der Waals surface area contributed by atoms with Gasteiger partial charge in [-0.1, -0.05) is 507 Å². The third-order valence-electron chi connectivity index (χ3n) is 33.9. The second kappa shape index (κ2) is 54.8. The minimum atomic E-state index is -0.301. The van der Waals surface area contributed by atoms with Gasteiger partial charge in [-0.25, -0.2) is 8.78 Å². The highest BCUT2D eigenvalue weighted by molar-refractivity contribution is 7.27. The van der Waals surface area contributed by atoms with E-state index in [1.165, 1.54) is 430 Å². The molecule has 0 nitrogen and oxygen atoms in total. The molecular formula is C143H188F2S2. The molecule has 0 bridgehead atoms. The molecule has 2 unspecified atom stereocenters. The van der Waals surface area contributed by atoms with Crippen molar-refractivity contribution < 1.29 is 8.78 Å². The second-order valence-electron chi connectivity index (χ2n) is 47.3. The normalized spacial score (nSPS) is 14.0. The van der Waals surface area contributed by atoms with E-state index < -0.39 is 0 Å². The van der Waals surface area contributed by atoms with Crippen LogP contribution in [0.3, 0.4) is 0 Å². The quantitative estimate of drug-likeness (QED) is 0.0334. The SMILES string of the molecule is CCCCCCC1(CCCCCC)c2cc(C)ccc2-c2ccc(C)cc21.CCCCCCc1cc(CCCCCC)cc(C2(C)c3cc(C)ccc3-c3ccc(C)cc32)c1.CCCCCCc1ccc(C2(c3ccc(CCCCCC)cc3)c3cc(C)ccc3-c3ccc(C)cc32)cc1.Cc1ccc2c(c1)C(CCC(C)CCCC(C)C)(CCC(C)CCCC(C)C)c1cc(C)ccc1-2.Cc1sc2c(F)c(C)sc2c1F. The number of halogens is 2. The number of aryl methyl sites for hydroxylation is 14. The van der Waals surface area contributed by atoms with Crippen LogP contribution in [-0.2, 0) is 47.3 Å². The lowest BCUT2D eigenvalue weighted by atomic mass is 9.67. The molecule has 0 radical (unpaired) electrons. The van der Waals surface area contributed by atoms with Crippen LogP contribution in [0.2, 0.25) is 0 Å². The van der Waals surface area contributed by atoms with Gasteiger partial charge in [-0.05, 0) is 318 Å². The molecule has 0 fully saturated rings. The Morgan fingerprint density at radius 3 is 0.769 bits per heavy atom. The predicted molar refractivity (Wildman–Crippen MR) is 643 cm³/mol. The number of thiophene rings is 2. The summed E-state index contributed by atoms with van der Waals surface area (Å²) in [5.41, 5.74) is 45.2. The van der Waals surface area contributed by atoms with Crippen LogP contribution in [0.15, 0.2) is 212 Å². The minimum absolute atomic E-state index is 0.0969. The van der Waals surface area contributed by atoms with Gasteiger partial charge >= 0.3 is 0 Å². The molecule has 0 aliphatic heterocycles. The van der Waals surface area contributed by atoms with E-state index in [0.717, 1.165) is 23.7 Å². The van der Waals surface area contributed by atoms with E-state index in [9.17, 15) is 8.78 Å². The van der Waals surface area contributed by atoms with Gasteiger partial charge in [-0.15, -0.1) is 22.7 Å². The maximum absolute atomic E-state index is 13.2. The average Bonchev–Trinajstić information content (AvgIpc) is 1.55. The van der Waals surface area contributed by atoms with Gasteiger partial charge in [0.1, 0.15) is 0 Å². The molecule has 0 saturated carbocycles. The van der Waals surface area contributed by atoms with Gasteiger partial charge in [0.05, 0.1) is 14.8 Å². The lowest BCUT2D eigenvalue weighted by molar-refractivity contribution is 0.327. The van der Waals surface area contributed by atoms with Crippen molar-refractivity contribution in [2.24, 2.45) is 23.7 Å². The fourth-order valence-electron chi connectivity index (χ4n) is 25.2. The molecule has 13 aromatic rings. The van der Waals surface area contributed by atoms with Crippen LogP contribution >= 0.6 is 22.7 Å². The summed E-state index contributed by atoms with van der Waals surface area (Å²) in [6.45, 7) is 52.1. The molecule has 4 heteroatoms. The van der Waals surface area contributed by atoms with Crippen molar-refractivity contribution in [2.75, 3.05) is 0 Å². The summed E-state index contributed by atoms with van der Waals surface area (Å²) < 4.78 is 27.3. The third kappa shape index (κ3) is 27.9. The van der Waals surface area contributed by atoms with Crippen molar-refractivity contribution in [3.63, 3.8) is 0 Å². The van der Waals surface area contributed by atoms with Crippen LogP contribution in [-0.4, -0.2) is 0 Å². The van der Waals surface area contributed by atoms with Gasteiger partial charge in [-0.3, -0.25) is 0 Å². The van der Waals surface area contributed by atoms with E-state index in [1.54, 1.807) is 36.1 Å². The van der Waals surface area contributed by atoms with Crippen LogP contribution in [0.25, 0.3) is 53.9 Å². The van der Waals surface area contributed by atoms with Crippen molar-refractivity contribution in [3.05, 3.63) is 362 Å². The first kappa shape index (κ1) is 115. The number of benzene rings is 11. The number of hydrogen-bond acceptors (Lipinski definition) is 2. The summed E-state index contributed by atoms with van der Waals surface area (Å²) in [5, 5.41) is 0. The van der Waals surface area contributed by atoms with Gasteiger partial charge in [0, 0.05) is 26.0 Å². The lowest BCUT2D eigenvalue weighted by Crippen LogP contribution is -2.29. The van der Waals surface area contributed by atoms with Gasteiger partial charge in [0.2, 0.25) is 0 Å². The predicted octanol–water partition coefficient (Wildman–Crippen LogP) is 44.2. The Morgan fingerprint density at radius 2 is 0.483 bits per heavy atom. The molecule has 17 rings (SSSR count). The number of fused-ring (bicyclic) bond motifs is 13. The number of hydrogen-bond donors (Lipinski definition) is 0. The first-order valence-electron chi connectivity index (χ1n) is 59.0. The maximum atomic E-state index is 13.2. The molecule has 4 aliphatic rings. The summed E-state index contributed by atoms with van der Waals surface area (Å²) >= 11 is 2.37. The Hall–Kier alpha value is -9.06. The van der Waals surface area contributed by atoms with Gasteiger partial charge in [0.15, 0.2) is 11.6 Å². The Morgan fingerprint density at radius 1 is 0.231 bits per heavy atom. The molecule has 786 valence electrons. The first-order chi connectivity index (χ1) is 70.9. The summed E-state index contributed by atoms with van der Waals surface area (Å²) in [6, 6.07) is 84.1. The van der Waals surface area contributed by atoms with E-state index in [4.69, 9.17) is 0 Å². The summed E-state index contributed by atoms with van der Waals surface area (Å²) in [7, 11) is 0. The fraction of sp³-hybridized carbons (Fsp3) is 0.497. The smallest absolute Gasteiger partial charge is 0.154 e. The summed E-state index contributed by atoms with van der Waals surface area (Å²) in [4.78, 5) is 1.13. The molecule has 2 heterocycles. The molecule has 11 aromatic carbocycles. The molecule has 147 heavy (non-hydrogen) atoms. The van der Waals surface area contributed by atoms with Gasteiger partial charge < -0.3 is 0 Å². The highest BCUT2D eigenvalue weighted by Crippen LogP contribution is 2.61. The maximum Gasteiger partial charge on any atom is 0.154 e. The Bertz CT molecular complexity index is 5990. The molecule has 0 saturated heterocycles. The summed E-state index contributed by atoms with van der Waals surface area (Å²) in [6.07, 6.45) is 52.7. The zero-order valence-corrected chi connectivity index (χ0v) is 97.5. The van der Waals surface area contributed by atoms with Gasteiger partial charge in [-0.2, -0.15) is 0 Å². The third-order valence-corrected chi connectivity index (χ3v) is 36.2. The van der Waals surface area contributed by atoms with Crippen molar-refractivity contribution in [1.82, 2.24) is 0 Å². The van der Waals surface area contributed by atoms with Crippen LogP contribution in [0, 0.1) is 105 Å². The first-order valence-corrected chi connectivity index (χ1v) is 60.6. The molecule has 0 N–H and O–H groups in total. The van der Waals surface area contributed by atoms with E-state index in [0.29, 0.717) is 19.2 Å². The number of unbranched alkanes of at least 4 members (excludes halogenated alkanes) is 18. The monoisotopic (exact) mass is 2010 g/mol. The van der Waals surface area contributed by atoms with Crippen molar-refractivity contribution in [1.29, 1.82) is 0 Å². The Balaban J connectivity index is 0.000000158. The average molecular weight is 2010 g/mol. The Labute approximate surface area is 901 Å². The second-order valence-corrected chi connectivity index (χ2v) is 49.7. The van der Waals surface area contributed by atoms with Gasteiger partial charge in [0.25, 0.3) is 0 Å². The largest absolute Gasteiger partial charge is 0.204 e. The molecular weight excluding hydrogens is 1820 g/mol. The molecule has 0 spiro atoms. The zero-order valence-electron chi connectivity index (χ0n) is 95.9. The minimum Gasteiger partial charge on any atom is -0.204 e. The van der Waals surface area contributed by atoms with Crippen LogP contribution in [0.1, 0.15) is 459 Å². The molecule has 4 aliphatic carbocycles.